The summed E-state index contributed by atoms with van der Waals surface area (Å²) in [7, 11) is 4.25. The summed E-state index contributed by atoms with van der Waals surface area (Å²) in [5.41, 5.74) is 10.1. The molecule has 0 aliphatic carbocycles. The van der Waals surface area contributed by atoms with Crippen molar-refractivity contribution in [1.82, 2.24) is 9.80 Å². The molecule has 114 valence electrons. The molecule has 20 heavy (non-hydrogen) atoms. The van der Waals surface area contributed by atoms with E-state index in [2.05, 4.69) is 69.8 Å². The number of likely N-dealkylation sites (N-methyl/N-ethyl adjacent to an activating group) is 2. The Kier molecular flexibility index (Phi) is 6.66. The zero-order valence-electron chi connectivity index (χ0n) is 14.0. The average Bonchev–Trinajstić information content (AvgIpc) is 2.38. The molecule has 2 atom stereocenters. The first kappa shape index (κ1) is 17.2. The predicted octanol–water partition coefficient (Wildman–Crippen LogP) is 2.58. The molecule has 1 rings (SSSR count). The van der Waals surface area contributed by atoms with Gasteiger partial charge in [-0.25, -0.2) is 0 Å². The lowest BCUT2D eigenvalue weighted by Gasteiger charge is -2.37. The summed E-state index contributed by atoms with van der Waals surface area (Å²) in [6.07, 6.45) is 0. The topological polar surface area (TPSA) is 32.5 Å². The molecule has 0 heterocycles. The minimum Gasteiger partial charge on any atom is -0.329 e. The molecule has 3 heteroatoms. The number of hydrogen-bond acceptors (Lipinski definition) is 3. The predicted molar refractivity (Wildman–Crippen MR) is 88.1 cm³/mol. The summed E-state index contributed by atoms with van der Waals surface area (Å²) in [4.78, 5) is 4.76. The van der Waals surface area contributed by atoms with Crippen LogP contribution in [0.25, 0.3) is 0 Å². The summed E-state index contributed by atoms with van der Waals surface area (Å²) < 4.78 is 0. The Bertz CT molecular complexity index is 415. The van der Waals surface area contributed by atoms with Gasteiger partial charge < -0.3 is 10.6 Å². The summed E-state index contributed by atoms with van der Waals surface area (Å²) in [5.74, 6) is 0. The van der Waals surface area contributed by atoms with Gasteiger partial charge in [0.05, 0.1) is 0 Å². The van der Waals surface area contributed by atoms with Gasteiger partial charge in [-0.1, -0.05) is 30.7 Å². The highest BCUT2D eigenvalue weighted by Gasteiger charge is 2.24. The van der Waals surface area contributed by atoms with Gasteiger partial charge in [-0.3, -0.25) is 4.90 Å². The molecule has 0 saturated carbocycles. The summed E-state index contributed by atoms with van der Waals surface area (Å²) in [6.45, 7) is 11.6. The van der Waals surface area contributed by atoms with Crippen LogP contribution in [0.2, 0.25) is 0 Å². The fourth-order valence-electron chi connectivity index (χ4n) is 3.03. The van der Waals surface area contributed by atoms with Crippen LogP contribution in [0.1, 0.15) is 36.6 Å². The maximum absolute atomic E-state index is 6.11. The normalized spacial score (nSPS) is 14.8. The van der Waals surface area contributed by atoms with Crippen LogP contribution in [-0.2, 0) is 0 Å². The smallest absolute Gasteiger partial charge is 0.0476 e. The number of rotatable bonds is 7. The lowest BCUT2D eigenvalue weighted by Crippen LogP contribution is -2.44. The molecule has 0 aliphatic rings. The van der Waals surface area contributed by atoms with Gasteiger partial charge in [0.2, 0.25) is 0 Å². The Morgan fingerprint density at radius 3 is 2.35 bits per heavy atom. The van der Waals surface area contributed by atoms with E-state index in [1.54, 1.807) is 0 Å². The molecule has 0 amide bonds. The third kappa shape index (κ3) is 4.30. The molecule has 2 N–H and O–H groups in total. The van der Waals surface area contributed by atoms with E-state index < -0.39 is 0 Å². The molecule has 2 unspecified atom stereocenters. The molecular weight excluding hydrogens is 246 g/mol. The molecular formula is C17H31N3. The molecule has 0 spiro atoms. The van der Waals surface area contributed by atoms with Crippen LogP contribution < -0.4 is 5.73 Å². The van der Waals surface area contributed by atoms with E-state index in [-0.39, 0.29) is 0 Å². The zero-order valence-corrected chi connectivity index (χ0v) is 14.0. The van der Waals surface area contributed by atoms with Crippen molar-refractivity contribution < 1.29 is 0 Å². The number of nitrogens with two attached hydrogens (primary N) is 1. The fourth-order valence-corrected chi connectivity index (χ4v) is 3.03. The van der Waals surface area contributed by atoms with E-state index in [1.165, 1.54) is 16.7 Å². The van der Waals surface area contributed by atoms with Gasteiger partial charge in [-0.05, 0) is 52.5 Å². The maximum atomic E-state index is 6.11. The highest BCUT2D eigenvalue weighted by atomic mass is 15.2. The SMILES string of the molecule is CCN(C(C)CN(C)C)C(CN)c1cc(C)ccc1C. The van der Waals surface area contributed by atoms with Crippen molar-refractivity contribution >= 4 is 0 Å². The summed E-state index contributed by atoms with van der Waals surface area (Å²) >= 11 is 0. The van der Waals surface area contributed by atoms with Crippen LogP contribution in [0.15, 0.2) is 18.2 Å². The Labute approximate surface area is 124 Å². The standard InChI is InChI=1S/C17H31N3/c1-7-20(15(4)12-19(5)6)17(11-18)16-10-13(2)8-9-14(16)3/h8-10,15,17H,7,11-12,18H2,1-6H3. The van der Waals surface area contributed by atoms with E-state index in [0.29, 0.717) is 18.6 Å². The van der Waals surface area contributed by atoms with E-state index in [1.807, 2.05) is 0 Å². The van der Waals surface area contributed by atoms with Crippen LogP contribution >= 0.6 is 0 Å². The largest absolute Gasteiger partial charge is 0.329 e. The first-order chi connectivity index (χ1) is 9.40. The van der Waals surface area contributed by atoms with Crippen molar-refractivity contribution in [3.63, 3.8) is 0 Å². The van der Waals surface area contributed by atoms with E-state index >= 15 is 0 Å². The van der Waals surface area contributed by atoms with Gasteiger partial charge >= 0.3 is 0 Å². The summed E-state index contributed by atoms with van der Waals surface area (Å²) in [5, 5.41) is 0. The van der Waals surface area contributed by atoms with Crippen LogP contribution in [0.5, 0.6) is 0 Å². The molecule has 1 aromatic rings. The molecule has 0 saturated heterocycles. The lowest BCUT2D eigenvalue weighted by molar-refractivity contribution is 0.130. The lowest BCUT2D eigenvalue weighted by atomic mass is 9.96. The first-order valence-corrected chi connectivity index (χ1v) is 7.58. The molecule has 0 aliphatic heterocycles. The summed E-state index contributed by atoms with van der Waals surface area (Å²) in [6, 6.07) is 7.46. The Morgan fingerprint density at radius 2 is 1.85 bits per heavy atom. The second kappa shape index (κ2) is 7.77. The maximum Gasteiger partial charge on any atom is 0.0476 e. The molecule has 0 fully saturated rings. The molecule has 0 radical (unpaired) electrons. The Morgan fingerprint density at radius 1 is 1.20 bits per heavy atom. The fraction of sp³-hybridized carbons (Fsp3) is 0.647. The minimum atomic E-state index is 0.301. The Balaban J connectivity index is 3.05. The van der Waals surface area contributed by atoms with Crippen LogP contribution in [0, 0.1) is 13.8 Å². The van der Waals surface area contributed by atoms with Crippen LogP contribution in [0.4, 0.5) is 0 Å². The van der Waals surface area contributed by atoms with Crippen LogP contribution in [0.3, 0.4) is 0 Å². The number of aryl methyl sites for hydroxylation is 2. The van der Waals surface area contributed by atoms with Crippen molar-refractivity contribution in [2.45, 2.75) is 39.8 Å². The van der Waals surface area contributed by atoms with Gasteiger partial charge in [0.25, 0.3) is 0 Å². The van der Waals surface area contributed by atoms with E-state index in [0.717, 1.165) is 13.1 Å². The Hall–Kier alpha value is -0.900. The van der Waals surface area contributed by atoms with E-state index in [4.69, 9.17) is 5.73 Å². The molecule has 0 aromatic heterocycles. The minimum absolute atomic E-state index is 0.301. The van der Waals surface area contributed by atoms with Crippen molar-refractivity contribution in [2.75, 3.05) is 33.7 Å². The first-order valence-electron chi connectivity index (χ1n) is 7.58. The van der Waals surface area contributed by atoms with Crippen molar-refractivity contribution in [3.05, 3.63) is 34.9 Å². The molecule has 3 nitrogen and oxygen atoms in total. The number of nitrogens with zero attached hydrogens (tertiary/aromatic N) is 2. The highest BCUT2D eigenvalue weighted by Crippen LogP contribution is 2.26. The number of benzene rings is 1. The third-order valence-electron chi connectivity index (χ3n) is 3.98. The quantitative estimate of drug-likeness (QED) is 0.831. The van der Waals surface area contributed by atoms with Gasteiger partial charge in [0, 0.05) is 25.2 Å². The molecule has 1 aromatic carbocycles. The van der Waals surface area contributed by atoms with Gasteiger partial charge in [-0.15, -0.1) is 0 Å². The number of hydrogen-bond donors (Lipinski definition) is 1. The second-order valence-corrected chi connectivity index (χ2v) is 6.05. The third-order valence-corrected chi connectivity index (χ3v) is 3.98. The second-order valence-electron chi connectivity index (χ2n) is 6.05. The molecule has 0 bridgehead atoms. The van der Waals surface area contributed by atoms with E-state index in [9.17, 15) is 0 Å². The van der Waals surface area contributed by atoms with Crippen molar-refractivity contribution in [3.8, 4) is 0 Å². The van der Waals surface area contributed by atoms with Crippen molar-refractivity contribution in [1.29, 1.82) is 0 Å². The van der Waals surface area contributed by atoms with Crippen molar-refractivity contribution in [2.24, 2.45) is 5.73 Å². The van der Waals surface area contributed by atoms with Gasteiger partial charge in [0.15, 0.2) is 0 Å². The monoisotopic (exact) mass is 277 g/mol. The van der Waals surface area contributed by atoms with Crippen LogP contribution in [-0.4, -0.2) is 49.6 Å². The zero-order chi connectivity index (χ0) is 15.3. The van der Waals surface area contributed by atoms with Gasteiger partial charge in [-0.2, -0.15) is 0 Å². The average molecular weight is 277 g/mol. The highest BCUT2D eigenvalue weighted by molar-refractivity contribution is 5.33. The van der Waals surface area contributed by atoms with Gasteiger partial charge in [0.1, 0.15) is 0 Å².